The number of anilines is 2. The van der Waals surface area contributed by atoms with Crippen molar-refractivity contribution in [2.45, 2.75) is 18.8 Å². The van der Waals surface area contributed by atoms with E-state index in [9.17, 15) is 24.3 Å². The van der Waals surface area contributed by atoms with Crippen LogP contribution in [0.15, 0.2) is 97.6 Å². The monoisotopic (exact) mass is 614 g/mol. The van der Waals surface area contributed by atoms with Crippen molar-refractivity contribution < 1.29 is 29.0 Å². The number of aliphatic hydroxyl groups is 1. The summed E-state index contributed by atoms with van der Waals surface area (Å²) < 4.78 is 5.95. The Labute approximate surface area is 267 Å². The molecular formula is C38H34N2O6. The van der Waals surface area contributed by atoms with Gasteiger partial charge in [-0.25, -0.2) is 0 Å². The normalized spacial score (nSPS) is 26.8. The van der Waals surface area contributed by atoms with E-state index in [1.54, 1.807) is 42.5 Å². The molecule has 8 heteroatoms. The first-order valence-corrected chi connectivity index (χ1v) is 15.6. The minimum atomic E-state index is -0.723. The number of aliphatic hydroxyl groups excluding tert-OH is 1. The number of benzene rings is 3. The first-order chi connectivity index (χ1) is 22.4. The molecule has 1 saturated carbocycles. The van der Waals surface area contributed by atoms with Gasteiger partial charge in [-0.2, -0.15) is 0 Å². The Morgan fingerprint density at radius 1 is 0.717 bits per heavy atom. The lowest BCUT2D eigenvalue weighted by atomic mass is 9.57. The van der Waals surface area contributed by atoms with Crippen molar-refractivity contribution in [3.63, 3.8) is 0 Å². The van der Waals surface area contributed by atoms with Gasteiger partial charge in [0.2, 0.25) is 23.6 Å². The number of hydrogen-bond acceptors (Lipinski definition) is 6. The van der Waals surface area contributed by atoms with Crippen LogP contribution < -0.4 is 14.5 Å². The zero-order valence-corrected chi connectivity index (χ0v) is 25.2. The fourth-order valence-electron chi connectivity index (χ4n) is 7.99. The van der Waals surface area contributed by atoms with Crippen molar-refractivity contribution >= 4 is 47.2 Å². The van der Waals surface area contributed by atoms with Crippen molar-refractivity contribution in [2.24, 2.45) is 29.6 Å². The standard InChI is InChI=1S/C38H34N2O6/c1-3-22-9-13-24(14-10-22)39-35(42)28-18-17-26-29(33(28)37(39)44)21-30-34(32(26)27-7-5-6-8-31(27)46-20-19-41)38(45)40(36(30)43)25-15-11-23(4-2)12-16-25/h3-17,28-30,32-34,41H,1-2,18-21H2. The summed E-state index contributed by atoms with van der Waals surface area (Å²) in [5, 5.41) is 9.52. The number of ether oxygens (including phenoxy) is 1. The summed E-state index contributed by atoms with van der Waals surface area (Å²) in [4.78, 5) is 59.2. The molecule has 3 fully saturated rings. The zero-order chi connectivity index (χ0) is 32.1. The average molecular weight is 615 g/mol. The van der Waals surface area contributed by atoms with Crippen LogP contribution in [0.4, 0.5) is 11.4 Å². The van der Waals surface area contributed by atoms with Crippen LogP contribution in [-0.2, 0) is 19.2 Å². The van der Waals surface area contributed by atoms with E-state index >= 15 is 0 Å². The molecule has 4 aliphatic rings. The maximum Gasteiger partial charge on any atom is 0.238 e. The third-order valence-corrected chi connectivity index (χ3v) is 10.0. The van der Waals surface area contributed by atoms with Gasteiger partial charge in [0.25, 0.3) is 0 Å². The fraction of sp³-hybridized carbons (Fsp3) is 0.263. The van der Waals surface area contributed by atoms with E-state index in [1.165, 1.54) is 9.80 Å². The number of carbonyl (C=O) groups is 4. The predicted octanol–water partition coefficient (Wildman–Crippen LogP) is 5.39. The van der Waals surface area contributed by atoms with Gasteiger partial charge < -0.3 is 9.84 Å². The number of amides is 4. The highest BCUT2D eigenvalue weighted by Crippen LogP contribution is 2.59. The molecule has 0 bridgehead atoms. The van der Waals surface area contributed by atoms with Crippen molar-refractivity contribution in [1.82, 2.24) is 0 Å². The quantitative estimate of drug-likeness (QED) is 0.270. The van der Waals surface area contributed by atoms with Gasteiger partial charge in [0, 0.05) is 11.5 Å². The number of carbonyl (C=O) groups excluding carboxylic acids is 4. The Kier molecular flexibility index (Phi) is 7.53. The summed E-state index contributed by atoms with van der Waals surface area (Å²) in [6.45, 7) is 7.45. The summed E-state index contributed by atoms with van der Waals surface area (Å²) in [7, 11) is 0. The van der Waals surface area contributed by atoms with Gasteiger partial charge >= 0.3 is 0 Å². The van der Waals surface area contributed by atoms with Gasteiger partial charge in [0.1, 0.15) is 12.4 Å². The number of fused-ring (bicyclic) bond motifs is 4. The summed E-state index contributed by atoms with van der Waals surface area (Å²) in [5.74, 6) is -4.27. The molecule has 2 saturated heterocycles. The Morgan fingerprint density at radius 3 is 1.87 bits per heavy atom. The number of hydrogen-bond donors (Lipinski definition) is 1. The van der Waals surface area contributed by atoms with E-state index < -0.39 is 35.5 Å². The molecule has 232 valence electrons. The highest BCUT2D eigenvalue weighted by molar-refractivity contribution is 6.24. The van der Waals surface area contributed by atoms with Gasteiger partial charge in [-0.15, -0.1) is 0 Å². The largest absolute Gasteiger partial charge is 0.491 e. The van der Waals surface area contributed by atoms with Crippen LogP contribution in [0, 0.1) is 29.6 Å². The molecule has 3 aromatic carbocycles. The molecule has 2 heterocycles. The molecular weight excluding hydrogens is 580 g/mol. The molecule has 0 spiro atoms. The molecule has 3 aromatic rings. The number of nitrogens with zero attached hydrogens (tertiary/aromatic N) is 2. The van der Waals surface area contributed by atoms with E-state index in [1.807, 2.05) is 48.5 Å². The van der Waals surface area contributed by atoms with Crippen LogP contribution in [-0.4, -0.2) is 41.9 Å². The van der Waals surface area contributed by atoms with Crippen LogP contribution in [0.1, 0.15) is 35.4 Å². The van der Waals surface area contributed by atoms with Gasteiger partial charge in [-0.1, -0.05) is 79.4 Å². The Hall–Kier alpha value is -5.08. The highest BCUT2D eigenvalue weighted by Gasteiger charge is 2.62. The van der Waals surface area contributed by atoms with E-state index in [0.29, 0.717) is 23.5 Å². The van der Waals surface area contributed by atoms with E-state index in [-0.39, 0.29) is 43.3 Å². The third kappa shape index (κ3) is 4.55. The SMILES string of the molecule is C=Cc1ccc(N2C(=O)C3CC=C4C(CC5C(=O)N(c6ccc(C=C)cc6)C(=O)C5C4c4ccccc4OCCO)C3C2=O)cc1. The van der Waals surface area contributed by atoms with Crippen LogP contribution in [0.25, 0.3) is 12.2 Å². The fourth-order valence-corrected chi connectivity index (χ4v) is 7.99. The second-order valence-corrected chi connectivity index (χ2v) is 12.2. The maximum atomic E-state index is 14.4. The molecule has 2 aliphatic heterocycles. The Bertz CT molecular complexity index is 1790. The molecule has 7 rings (SSSR count). The lowest BCUT2D eigenvalue weighted by molar-refractivity contribution is -0.126. The van der Waals surface area contributed by atoms with Crippen LogP contribution >= 0.6 is 0 Å². The molecule has 0 radical (unpaired) electrons. The van der Waals surface area contributed by atoms with Gasteiger partial charge in [0.05, 0.1) is 41.7 Å². The van der Waals surface area contributed by atoms with Crippen molar-refractivity contribution in [1.29, 1.82) is 0 Å². The van der Waals surface area contributed by atoms with Crippen LogP contribution in [0.2, 0.25) is 0 Å². The molecule has 1 N–H and O–H groups in total. The van der Waals surface area contributed by atoms with E-state index in [2.05, 4.69) is 13.2 Å². The van der Waals surface area contributed by atoms with Crippen molar-refractivity contribution in [3.8, 4) is 5.75 Å². The lowest BCUT2D eigenvalue weighted by Crippen LogP contribution is -2.43. The smallest absolute Gasteiger partial charge is 0.238 e. The minimum absolute atomic E-state index is 0.0618. The average Bonchev–Trinajstić information content (AvgIpc) is 3.50. The van der Waals surface area contributed by atoms with Gasteiger partial charge in [-0.05, 0) is 60.2 Å². The van der Waals surface area contributed by atoms with Crippen LogP contribution in [0.5, 0.6) is 5.75 Å². The lowest BCUT2D eigenvalue weighted by Gasteiger charge is -2.44. The van der Waals surface area contributed by atoms with Gasteiger partial charge in [0.15, 0.2) is 0 Å². The van der Waals surface area contributed by atoms with Crippen molar-refractivity contribution in [3.05, 3.63) is 114 Å². The van der Waals surface area contributed by atoms with Crippen LogP contribution in [0.3, 0.4) is 0 Å². The van der Waals surface area contributed by atoms with Gasteiger partial charge in [-0.3, -0.25) is 29.0 Å². The van der Waals surface area contributed by atoms with E-state index in [0.717, 1.165) is 22.3 Å². The summed E-state index contributed by atoms with van der Waals surface area (Å²) in [5.41, 5.74) is 4.33. The highest BCUT2D eigenvalue weighted by atomic mass is 16.5. The molecule has 6 unspecified atom stereocenters. The zero-order valence-electron chi connectivity index (χ0n) is 25.2. The number of rotatable bonds is 8. The molecule has 0 aromatic heterocycles. The summed E-state index contributed by atoms with van der Waals surface area (Å²) in [6.07, 6.45) is 6.04. The maximum absolute atomic E-state index is 14.4. The number of para-hydroxylation sites is 1. The topological polar surface area (TPSA) is 104 Å². The molecule has 8 nitrogen and oxygen atoms in total. The second-order valence-electron chi connectivity index (χ2n) is 12.2. The molecule has 6 atom stereocenters. The summed E-state index contributed by atoms with van der Waals surface area (Å²) in [6, 6.07) is 21.6. The Balaban J connectivity index is 1.33. The minimum Gasteiger partial charge on any atom is -0.491 e. The van der Waals surface area contributed by atoms with E-state index in [4.69, 9.17) is 4.74 Å². The first kappa shape index (κ1) is 29.6. The molecule has 46 heavy (non-hydrogen) atoms. The first-order valence-electron chi connectivity index (χ1n) is 15.6. The number of imide groups is 2. The number of allylic oxidation sites excluding steroid dienone is 2. The molecule has 4 amide bonds. The summed E-state index contributed by atoms with van der Waals surface area (Å²) >= 11 is 0. The third-order valence-electron chi connectivity index (χ3n) is 10.0. The Morgan fingerprint density at radius 2 is 1.28 bits per heavy atom. The van der Waals surface area contributed by atoms with Crippen molar-refractivity contribution in [2.75, 3.05) is 23.0 Å². The predicted molar refractivity (Wildman–Crippen MR) is 175 cm³/mol. The molecule has 2 aliphatic carbocycles. The second kappa shape index (κ2) is 11.7.